The smallest absolute Gasteiger partial charge is 0.203 e. The second-order valence-corrected chi connectivity index (χ2v) is 7.26. The van der Waals surface area contributed by atoms with Crippen LogP contribution < -0.4 is 24.8 Å². The summed E-state index contributed by atoms with van der Waals surface area (Å²) in [6.45, 7) is 9.43. The van der Waals surface area contributed by atoms with Gasteiger partial charge in [0.05, 0.1) is 34.5 Å². The van der Waals surface area contributed by atoms with E-state index in [2.05, 4.69) is 34.4 Å². The Morgan fingerprint density at radius 3 is 2.27 bits per heavy atom. The Labute approximate surface area is 197 Å². The minimum atomic E-state index is 0. The summed E-state index contributed by atoms with van der Waals surface area (Å²) >= 11 is 0. The molecule has 1 aromatic rings. The van der Waals surface area contributed by atoms with Crippen LogP contribution in [0.3, 0.4) is 0 Å². The van der Waals surface area contributed by atoms with Crippen molar-refractivity contribution in [1.82, 2.24) is 15.5 Å². The molecule has 0 spiro atoms. The third-order valence-electron chi connectivity index (χ3n) is 5.22. The number of benzene rings is 1. The third kappa shape index (κ3) is 7.05. The minimum absolute atomic E-state index is 0. The molecule has 0 aromatic heterocycles. The second kappa shape index (κ2) is 13.8. The Bertz CT molecular complexity index is 667. The highest BCUT2D eigenvalue weighted by atomic mass is 127. The fourth-order valence-corrected chi connectivity index (χ4v) is 3.60. The molecule has 0 saturated carbocycles. The Hall–Kier alpha value is -1.46. The van der Waals surface area contributed by atoms with Crippen molar-refractivity contribution in [3.63, 3.8) is 0 Å². The van der Waals surface area contributed by atoms with Crippen LogP contribution in [-0.2, 0) is 11.3 Å². The molecule has 0 radical (unpaired) electrons. The number of morpholine rings is 1. The first-order chi connectivity index (χ1) is 14.0. The number of methoxy groups -OCH3 is 3. The Balaban J connectivity index is 0.00000450. The second-order valence-electron chi connectivity index (χ2n) is 7.26. The fourth-order valence-electron chi connectivity index (χ4n) is 3.60. The zero-order valence-corrected chi connectivity index (χ0v) is 21.3. The van der Waals surface area contributed by atoms with E-state index in [1.165, 1.54) is 0 Å². The van der Waals surface area contributed by atoms with Crippen molar-refractivity contribution >= 4 is 29.9 Å². The van der Waals surface area contributed by atoms with Gasteiger partial charge in [0.1, 0.15) is 0 Å². The first-order valence-corrected chi connectivity index (χ1v) is 10.1. The molecule has 8 nitrogen and oxygen atoms in total. The number of aliphatic imine (C=N–C) groups is 1. The number of rotatable bonds is 9. The SMILES string of the molecule is CN=C(NCc1ccc(OC)c(OC)c1OC)NCC(C(C)C)N1CCOCC1.I. The van der Waals surface area contributed by atoms with Crippen molar-refractivity contribution < 1.29 is 18.9 Å². The standard InChI is InChI=1S/C21H36N4O4.HI/c1-15(2)17(25-9-11-29-12-10-25)14-24-21(22-3)23-13-16-7-8-18(26-4)20(28-6)19(16)27-5;/h7-8,15,17H,9-14H2,1-6H3,(H2,22,23,24);1H. The number of ether oxygens (including phenoxy) is 4. The lowest BCUT2D eigenvalue weighted by Gasteiger charge is -2.37. The topological polar surface area (TPSA) is 76.6 Å². The van der Waals surface area contributed by atoms with Gasteiger partial charge in [-0.1, -0.05) is 13.8 Å². The zero-order valence-electron chi connectivity index (χ0n) is 19.0. The molecule has 1 aliphatic heterocycles. The van der Waals surface area contributed by atoms with Gasteiger partial charge in [-0.2, -0.15) is 0 Å². The van der Waals surface area contributed by atoms with Gasteiger partial charge in [0.25, 0.3) is 0 Å². The number of nitrogens with zero attached hydrogens (tertiary/aromatic N) is 2. The lowest BCUT2D eigenvalue weighted by Crippen LogP contribution is -2.52. The van der Waals surface area contributed by atoms with Crippen LogP contribution in [0.1, 0.15) is 19.4 Å². The molecular formula is C21H37IN4O4. The van der Waals surface area contributed by atoms with E-state index in [4.69, 9.17) is 18.9 Å². The summed E-state index contributed by atoms with van der Waals surface area (Å²) in [5, 5.41) is 6.83. The van der Waals surface area contributed by atoms with Crippen LogP contribution in [-0.4, -0.2) is 78.1 Å². The molecule has 0 bridgehead atoms. The number of nitrogens with one attached hydrogen (secondary N) is 2. The molecule has 0 amide bonds. The summed E-state index contributed by atoms with van der Waals surface area (Å²) in [7, 11) is 6.63. The molecule has 2 N–H and O–H groups in total. The molecular weight excluding hydrogens is 499 g/mol. The maximum Gasteiger partial charge on any atom is 0.203 e. The van der Waals surface area contributed by atoms with Crippen molar-refractivity contribution in [3.05, 3.63) is 17.7 Å². The van der Waals surface area contributed by atoms with E-state index < -0.39 is 0 Å². The van der Waals surface area contributed by atoms with Crippen LogP contribution in [0.25, 0.3) is 0 Å². The molecule has 1 heterocycles. The van der Waals surface area contributed by atoms with Crippen LogP contribution in [0.2, 0.25) is 0 Å². The predicted molar refractivity (Wildman–Crippen MR) is 131 cm³/mol. The minimum Gasteiger partial charge on any atom is -0.493 e. The highest BCUT2D eigenvalue weighted by molar-refractivity contribution is 14.0. The number of guanidine groups is 1. The van der Waals surface area contributed by atoms with Gasteiger partial charge in [0.2, 0.25) is 5.75 Å². The highest BCUT2D eigenvalue weighted by Gasteiger charge is 2.24. The lowest BCUT2D eigenvalue weighted by atomic mass is 10.0. The van der Waals surface area contributed by atoms with E-state index in [0.29, 0.717) is 35.8 Å². The normalized spacial score (nSPS) is 15.9. The summed E-state index contributed by atoms with van der Waals surface area (Å²) in [4.78, 5) is 6.86. The zero-order chi connectivity index (χ0) is 21.2. The van der Waals surface area contributed by atoms with E-state index >= 15 is 0 Å². The molecule has 1 saturated heterocycles. The first-order valence-electron chi connectivity index (χ1n) is 10.1. The van der Waals surface area contributed by atoms with Crippen molar-refractivity contribution in [2.24, 2.45) is 10.9 Å². The molecule has 9 heteroatoms. The lowest BCUT2D eigenvalue weighted by molar-refractivity contribution is 0.00752. The van der Waals surface area contributed by atoms with Gasteiger partial charge in [0.15, 0.2) is 17.5 Å². The van der Waals surface area contributed by atoms with Crippen LogP contribution >= 0.6 is 24.0 Å². The maximum atomic E-state index is 5.56. The molecule has 2 rings (SSSR count). The quantitative estimate of drug-likeness (QED) is 0.285. The summed E-state index contributed by atoms with van der Waals surface area (Å²) in [6.07, 6.45) is 0. The molecule has 1 aromatic carbocycles. The molecule has 1 aliphatic rings. The van der Waals surface area contributed by atoms with E-state index in [1.807, 2.05) is 12.1 Å². The molecule has 1 fully saturated rings. The van der Waals surface area contributed by atoms with E-state index in [0.717, 1.165) is 44.4 Å². The van der Waals surface area contributed by atoms with Crippen molar-refractivity contribution in [3.8, 4) is 17.2 Å². The molecule has 172 valence electrons. The molecule has 0 aliphatic carbocycles. The van der Waals surface area contributed by atoms with E-state index in [1.54, 1.807) is 28.4 Å². The largest absolute Gasteiger partial charge is 0.493 e. The van der Waals surface area contributed by atoms with Crippen LogP contribution in [0.15, 0.2) is 17.1 Å². The average Bonchev–Trinajstić information content (AvgIpc) is 2.75. The molecule has 30 heavy (non-hydrogen) atoms. The number of hydrogen-bond acceptors (Lipinski definition) is 6. The van der Waals surface area contributed by atoms with Crippen LogP contribution in [0, 0.1) is 5.92 Å². The Kier molecular flexibility index (Phi) is 12.2. The van der Waals surface area contributed by atoms with Crippen LogP contribution in [0.5, 0.6) is 17.2 Å². The Morgan fingerprint density at radius 1 is 1.07 bits per heavy atom. The van der Waals surface area contributed by atoms with Gasteiger partial charge in [0, 0.05) is 44.8 Å². The van der Waals surface area contributed by atoms with Gasteiger partial charge < -0.3 is 29.6 Å². The highest BCUT2D eigenvalue weighted by Crippen LogP contribution is 2.39. The number of halogens is 1. The monoisotopic (exact) mass is 536 g/mol. The van der Waals surface area contributed by atoms with Gasteiger partial charge >= 0.3 is 0 Å². The molecule has 1 unspecified atom stereocenters. The summed E-state index contributed by atoms with van der Waals surface area (Å²) in [5.74, 6) is 3.17. The van der Waals surface area contributed by atoms with Gasteiger partial charge in [-0.25, -0.2) is 0 Å². The van der Waals surface area contributed by atoms with Crippen molar-refractivity contribution in [2.75, 3.05) is 61.2 Å². The maximum absolute atomic E-state index is 5.56. The molecule has 1 atom stereocenters. The first kappa shape index (κ1) is 26.6. The fraction of sp³-hybridized carbons (Fsp3) is 0.667. The van der Waals surface area contributed by atoms with Gasteiger partial charge in [-0.15, -0.1) is 24.0 Å². The van der Waals surface area contributed by atoms with Crippen molar-refractivity contribution in [1.29, 1.82) is 0 Å². The average molecular weight is 536 g/mol. The van der Waals surface area contributed by atoms with E-state index in [-0.39, 0.29) is 24.0 Å². The predicted octanol–water partition coefficient (Wildman–Crippen LogP) is 2.35. The number of hydrogen-bond donors (Lipinski definition) is 2. The van der Waals surface area contributed by atoms with Crippen LogP contribution in [0.4, 0.5) is 0 Å². The Morgan fingerprint density at radius 2 is 1.73 bits per heavy atom. The third-order valence-corrected chi connectivity index (χ3v) is 5.22. The van der Waals surface area contributed by atoms with Gasteiger partial charge in [-0.3, -0.25) is 9.89 Å². The summed E-state index contributed by atoms with van der Waals surface area (Å²) in [6, 6.07) is 4.26. The van der Waals surface area contributed by atoms with E-state index in [9.17, 15) is 0 Å². The van der Waals surface area contributed by atoms with Gasteiger partial charge in [-0.05, 0) is 18.1 Å². The van der Waals surface area contributed by atoms with Crippen molar-refractivity contribution in [2.45, 2.75) is 26.4 Å². The summed E-state index contributed by atoms with van der Waals surface area (Å²) in [5.41, 5.74) is 0.960. The summed E-state index contributed by atoms with van der Waals surface area (Å²) < 4.78 is 21.9.